The molecule has 59 heavy (non-hydrogen) atoms. The van der Waals surface area contributed by atoms with Gasteiger partial charge in [-0.2, -0.15) is 18.4 Å². The number of alkyl halides is 3. The van der Waals surface area contributed by atoms with Gasteiger partial charge in [0.05, 0.1) is 30.1 Å². The van der Waals surface area contributed by atoms with Crippen LogP contribution in [0.15, 0.2) is 54.7 Å². The normalized spacial score (nSPS) is 20.2. The Morgan fingerprint density at radius 2 is 1.83 bits per heavy atom. The minimum Gasteiger partial charge on any atom is -0.493 e. The zero-order valence-corrected chi connectivity index (χ0v) is 33.5. The van der Waals surface area contributed by atoms with Crippen LogP contribution in [-0.2, 0) is 31.8 Å². The number of nitrogens with one attached hydrogen (secondary N) is 3. The number of pyridine rings is 1. The molecular weight excluding hydrogens is 786 g/mol. The Hall–Kier alpha value is -5.60. The number of amides is 4. The fourth-order valence-electron chi connectivity index (χ4n) is 8.31. The van der Waals surface area contributed by atoms with Gasteiger partial charge < -0.3 is 20.3 Å². The van der Waals surface area contributed by atoms with Crippen LogP contribution in [0, 0.1) is 17.2 Å². The lowest BCUT2D eigenvalue weighted by atomic mass is 9.75. The third-order valence-corrected chi connectivity index (χ3v) is 12.3. The van der Waals surface area contributed by atoms with Gasteiger partial charge in [0.25, 0.3) is 5.91 Å². The summed E-state index contributed by atoms with van der Waals surface area (Å²) in [5.74, 6) is -0.0741. The zero-order chi connectivity index (χ0) is 42.1. The first-order valence-electron chi connectivity index (χ1n) is 19.9. The number of aromatic nitrogens is 1. The van der Waals surface area contributed by atoms with E-state index in [1.807, 2.05) is 38.1 Å². The number of hydrogen-bond acceptors (Lipinski definition) is 10. The maximum atomic E-state index is 13.9. The molecule has 17 heteroatoms. The molecule has 4 heterocycles. The van der Waals surface area contributed by atoms with Crippen molar-refractivity contribution in [2.75, 3.05) is 40.1 Å². The van der Waals surface area contributed by atoms with Crippen LogP contribution in [0.25, 0.3) is 0 Å². The van der Waals surface area contributed by atoms with Crippen molar-refractivity contribution < 1.29 is 37.1 Å². The Bertz CT molecular complexity index is 2200. The van der Waals surface area contributed by atoms with E-state index >= 15 is 0 Å². The summed E-state index contributed by atoms with van der Waals surface area (Å²) >= 11 is 5.79. The number of nitriles is 1. The molecule has 2 aromatic carbocycles. The molecule has 7 rings (SSSR count). The number of likely N-dealkylation sites (tertiary alicyclic amines) is 1. The average Bonchev–Trinajstić information content (AvgIpc) is 3.44. The molecule has 4 amide bonds. The smallest absolute Gasteiger partial charge is 0.419 e. The zero-order valence-electron chi connectivity index (χ0n) is 32.7. The van der Waals surface area contributed by atoms with Crippen LogP contribution in [-0.4, -0.2) is 75.9 Å². The highest BCUT2D eigenvalue weighted by molar-refractivity contribution is 7.81. The lowest BCUT2D eigenvalue weighted by Crippen LogP contribution is -2.55. The molecular formula is C42H45F3N8O5S. The van der Waals surface area contributed by atoms with Crippen molar-refractivity contribution in [2.24, 2.45) is 5.92 Å². The second-order valence-electron chi connectivity index (χ2n) is 15.5. The van der Waals surface area contributed by atoms with Gasteiger partial charge in [-0.15, -0.1) is 0 Å². The van der Waals surface area contributed by atoms with E-state index in [9.17, 15) is 37.6 Å². The molecule has 1 aromatic heterocycles. The van der Waals surface area contributed by atoms with Gasteiger partial charge in [0.15, 0.2) is 10.8 Å². The van der Waals surface area contributed by atoms with E-state index in [-0.39, 0.29) is 41.0 Å². The average molecular weight is 831 g/mol. The van der Waals surface area contributed by atoms with E-state index in [0.29, 0.717) is 61.0 Å². The molecule has 1 aliphatic carbocycles. The minimum atomic E-state index is -4.84. The van der Waals surface area contributed by atoms with Gasteiger partial charge in [-0.1, -0.05) is 13.0 Å². The van der Waals surface area contributed by atoms with Crippen LogP contribution in [0.3, 0.4) is 0 Å². The van der Waals surface area contributed by atoms with Crippen LogP contribution in [0.2, 0.25) is 0 Å². The van der Waals surface area contributed by atoms with Crippen LogP contribution >= 0.6 is 12.2 Å². The molecule has 4 fully saturated rings. The molecule has 1 spiro atoms. The highest BCUT2D eigenvalue weighted by atomic mass is 32.1. The Labute approximate surface area is 345 Å². The van der Waals surface area contributed by atoms with Gasteiger partial charge in [-0.3, -0.25) is 34.3 Å². The Balaban J connectivity index is 0.923. The first-order valence-corrected chi connectivity index (χ1v) is 20.3. The van der Waals surface area contributed by atoms with E-state index in [1.54, 1.807) is 23.1 Å². The largest absolute Gasteiger partial charge is 0.493 e. The minimum absolute atomic E-state index is 0.0525. The second-order valence-corrected chi connectivity index (χ2v) is 15.9. The lowest BCUT2D eigenvalue weighted by Gasteiger charge is -2.43. The number of thiocarbonyl (C=S) groups is 1. The van der Waals surface area contributed by atoms with Crippen LogP contribution < -0.4 is 30.5 Å². The van der Waals surface area contributed by atoms with E-state index in [1.165, 1.54) is 6.07 Å². The highest BCUT2D eigenvalue weighted by Gasteiger charge is 2.60. The predicted molar refractivity (Wildman–Crippen MR) is 218 cm³/mol. The van der Waals surface area contributed by atoms with Crippen LogP contribution in [0.1, 0.15) is 82.0 Å². The standard InChI is InChI=1S/C42H45F3N8O5S/c1-3-27-20-30(53-40(59)52(39(57)41(53)15-5-16-41)31-22-32(42(43,44)45)34(23-46)47-24-31)8-10-35(27)58-19-14-26-12-17-51(18-13-26)25(2)37(55)49-29-7-4-6-28(21-29)48-33-9-11-36(54)50-38(33)56/h4,6-8,10,20-22,24-26,33,48H,3,5,9,11-19H2,1-2H3,(H,49,55)(H,50,54,56)/t25-,33?/m1/s1. The SMILES string of the molecule is CCc1cc(N2C(=S)N(c3cnc(C#N)c(C(F)(F)F)c3)C(=O)C23CCC3)ccc1OCCC1CCN([C@H](C)C(=O)Nc2cccc(NC3CCC(=O)NC3=O)c2)CC1. The maximum Gasteiger partial charge on any atom is 0.419 e. The van der Waals surface area contributed by atoms with Gasteiger partial charge in [-0.05, 0) is 138 Å². The summed E-state index contributed by atoms with van der Waals surface area (Å²) in [5, 5.41) is 17.7. The van der Waals surface area contributed by atoms with Gasteiger partial charge in [0.2, 0.25) is 17.7 Å². The van der Waals surface area contributed by atoms with Crippen molar-refractivity contribution in [3.8, 4) is 11.8 Å². The molecule has 3 aliphatic heterocycles. The summed E-state index contributed by atoms with van der Waals surface area (Å²) in [7, 11) is 0. The molecule has 1 saturated carbocycles. The number of rotatable bonds is 12. The number of carbonyl (C=O) groups is 4. The van der Waals surface area contributed by atoms with Gasteiger partial charge >= 0.3 is 6.18 Å². The summed E-state index contributed by atoms with van der Waals surface area (Å²) in [4.78, 5) is 59.6. The molecule has 1 unspecified atom stereocenters. The number of piperidine rings is 2. The summed E-state index contributed by atoms with van der Waals surface area (Å²) < 4.78 is 47.7. The molecule has 4 aliphatic rings. The summed E-state index contributed by atoms with van der Waals surface area (Å²) in [6, 6.07) is 14.1. The molecule has 13 nitrogen and oxygen atoms in total. The Morgan fingerprint density at radius 3 is 2.49 bits per heavy atom. The molecule has 3 saturated heterocycles. The van der Waals surface area contributed by atoms with Crippen molar-refractivity contribution in [1.29, 1.82) is 5.26 Å². The first-order chi connectivity index (χ1) is 28.2. The topological polar surface area (TPSA) is 160 Å². The Morgan fingerprint density at radius 1 is 1.08 bits per heavy atom. The summed E-state index contributed by atoms with van der Waals surface area (Å²) in [6.45, 7) is 5.89. The second kappa shape index (κ2) is 16.9. The fourth-order valence-corrected chi connectivity index (χ4v) is 8.78. The number of hydrogen-bond donors (Lipinski definition) is 3. The van der Waals surface area contributed by atoms with Crippen LogP contribution in [0.5, 0.6) is 5.75 Å². The molecule has 0 bridgehead atoms. The molecule has 3 aromatic rings. The van der Waals surface area contributed by atoms with Gasteiger partial charge in [-0.25, -0.2) is 4.98 Å². The summed E-state index contributed by atoms with van der Waals surface area (Å²) in [5.41, 5.74) is -0.338. The maximum absolute atomic E-state index is 13.9. The summed E-state index contributed by atoms with van der Waals surface area (Å²) in [6.07, 6.45) is 1.90. The number of halogens is 3. The fraction of sp³-hybridized carbons (Fsp3) is 0.452. The van der Waals surface area contributed by atoms with Gasteiger partial charge in [0, 0.05) is 23.5 Å². The van der Waals surface area contributed by atoms with Crippen molar-refractivity contribution in [2.45, 2.75) is 95.4 Å². The predicted octanol–water partition coefficient (Wildman–Crippen LogP) is 6.32. The van der Waals surface area contributed by atoms with E-state index in [2.05, 4.69) is 25.8 Å². The third kappa shape index (κ3) is 8.46. The molecule has 3 N–H and O–H groups in total. The van der Waals surface area contributed by atoms with Crippen molar-refractivity contribution in [3.05, 3.63) is 71.5 Å². The van der Waals surface area contributed by atoms with E-state index < -0.39 is 34.9 Å². The number of imide groups is 1. The van der Waals surface area contributed by atoms with Crippen molar-refractivity contribution in [1.82, 2.24) is 15.2 Å². The molecule has 0 radical (unpaired) electrons. The number of ether oxygens (including phenoxy) is 1. The van der Waals surface area contributed by atoms with Crippen molar-refractivity contribution in [3.63, 3.8) is 0 Å². The quantitative estimate of drug-likeness (QED) is 0.139. The first kappa shape index (κ1) is 41.6. The Kier molecular flexibility index (Phi) is 11.9. The van der Waals surface area contributed by atoms with Crippen LogP contribution in [0.4, 0.5) is 35.9 Å². The number of aryl methyl sites for hydroxylation is 1. The number of anilines is 4. The third-order valence-electron chi connectivity index (χ3n) is 11.9. The molecule has 310 valence electrons. The highest BCUT2D eigenvalue weighted by Crippen LogP contribution is 2.49. The van der Waals surface area contributed by atoms with Gasteiger partial charge in [0.1, 0.15) is 23.4 Å². The monoisotopic (exact) mass is 830 g/mol. The number of benzene rings is 2. The van der Waals surface area contributed by atoms with Crippen molar-refractivity contribution >= 4 is 63.7 Å². The number of carbonyl (C=O) groups excluding carboxylic acids is 4. The van der Waals surface area contributed by atoms with E-state index in [0.717, 1.165) is 61.5 Å². The van der Waals surface area contributed by atoms with E-state index in [4.69, 9.17) is 17.0 Å². The molecule has 2 atom stereocenters. The number of nitrogens with zero attached hydrogens (tertiary/aromatic N) is 5. The lowest BCUT2D eigenvalue weighted by molar-refractivity contribution is -0.138.